The van der Waals surface area contributed by atoms with Crippen LogP contribution < -0.4 is 5.73 Å². The predicted octanol–water partition coefficient (Wildman–Crippen LogP) is 0.992. The van der Waals surface area contributed by atoms with Crippen LogP contribution in [0.3, 0.4) is 0 Å². The van der Waals surface area contributed by atoms with Gasteiger partial charge in [-0.2, -0.15) is 13.2 Å². The highest BCUT2D eigenvalue weighted by atomic mass is 19.4. The number of rotatable bonds is 1. The van der Waals surface area contributed by atoms with Crippen molar-refractivity contribution < 1.29 is 27.5 Å². The van der Waals surface area contributed by atoms with Gasteiger partial charge in [-0.15, -0.1) is 0 Å². The Morgan fingerprint density at radius 2 is 1.88 bits per heavy atom. The summed E-state index contributed by atoms with van der Waals surface area (Å²) in [5, 5.41) is 0. The van der Waals surface area contributed by atoms with Crippen LogP contribution >= 0.6 is 0 Å². The van der Waals surface area contributed by atoms with E-state index in [4.69, 9.17) is 5.73 Å². The predicted molar refractivity (Wildman–Crippen MR) is 47.0 cm³/mol. The molecule has 1 rings (SSSR count). The maximum Gasteiger partial charge on any atom is 0.491 e. The molecular weight excluding hydrogens is 227 g/mol. The van der Waals surface area contributed by atoms with Crippen LogP contribution in [0.4, 0.5) is 13.2 Å². The number of carbonyl (C=O) groups is 2. The van der Waals surface area contributed by atoms with Gasteiger partial charge in [-0.25, -0.2) is 4.79 Å². The van der Waals surface area contributed by atoms with Gasteiger partial charge in [0.05, 0.1) is 5.92 Å². The third-order valence-electron chi connectivity index (χ3n) is 3.05. The first-order valence-corrected chi connectivity index (χ1v) is 4.65. The number of hydrogen-bond acceptors (Lipinski definition) is 4. The van der Waals surface area contributed by atoms with Crippen LogP contribution in [0.2, 0.25) is 0 Å². The normalized spacial score (nSPS) is 28.1. The van der Waals surface area contributed by atoms with Crippen molar-refractivity contribution in [1.82, 2.24) is 0 Å². The van der Waals surface area contributed by atoms with E-state index in [9.17, 15) is 22.8 Å². The lowest BCUT2D eigenvalue weighted by Crippen LogP contribution is -2.58. The highest BCUT2D eigenvalue weighted by Crippen LogP contribution is 2.45. The molecular formula is C9H12F3NO3. The molecule has 16 heavy (non-hydrogen) atoms. The number of nitrogens with two attached hydrogens (primary N) is 1. The van der Waals surface area contributed by atoms with E-state index in [1.165, 1.54) is 0 Å². The zero-order valence-electron chi connectivity index (χ0n) is 8.80. The lowest BCUT2D eigenvalue weighted by atomic mass is 9.59. The Kier molecular flexibility index (Phi) is 3.02. The highest BCUT2D eigenvalue weighted by Gasteiger charge is 2.53. The number of ether oxygens (including phenoxy) is 1. The first-order chi connectivity index (χ1) is 7.06. The minimum atomic E-state index is -5.15. The molecule has 92 valence electrons. The number of esters is 2. The minimum absolute atomic E-state index is 0.233. The van der Waals surface area contributed by atoms with Gasteiger partial charge in [0.1, 0.15) is 0 Å². The van der Waals surface area contributed by atoms with Crippen molar-refractivity contribution >= 4 is 11.9 Å². The van der Waals surface area contributed by atoms with E-state index < -0.39 is 29.4 Å². The average molecular weight is 239 g/mol. The molecule has 2 N–H and O–H groups in total. The minimum Gasteiger partial charge on any atom is -0.386 e. The third kappa shape index (κ3) is 2.18. The van der Waals surface area contributed by atoms with Crippen molar-refractivity contribution in [1.29, 1.82) is 0 Å². The summed E-state index contributed by atoms with van der Waals surface area (Å²) in [6.07, 6.45) is -4.91. The average Bonchev–Trinajstić information content (AvgIpc) is 2.12. The molecule has 0 radical (unpaired) electrons. The molecule has 0 aromatic heterocycles. The van der Waals surface area contributed by atoms with Crippen molar-refractivity contribution in [3.8, 4) is 0 Å². The zero-order chi connectivity index (χ0) is 12.7. The fraction of sp³-hybridized carbons (Fsp3) is 0.778. The molecule has 1 fully saturated rings. The van der Waals surface area contributed by atoms with E-state index in [0.717, 1.165) is 0 Å². The van der Waals surface area contributed by atoms with Crippen LogP contribution in [0.5, 0.6) is 0 Å². The van der Waals surface area contributed by atoms with Gasteiger partial charge < -0.3 is 10.5 Å². The first-order valence-electron chi connectivity index (χ1n) is 4.65. The van der Waals surface area contributed by atoms with Gasteiger partial charge in [0, 0.05) is 6.04 Å². The molecule has 1 saturated carbocycles. The van der Waals surface area contributed by atoms with E-state index in [0.29, 0.717) is 0 Å². The van der Waals surface area contributed by atoms with Crippen molar-refractivity contribution in [2.75, 3.05) is 0 Å². The van der Waals surface area contributed by atoms with Crippen LogP contribution in [0, 0.1) is 11.3 Å². The molecule has 0 heterocycles. The monoisotopic (exact) mass is 239 g/mol. The second-order valence-corrected chi connectivity index (χ2v) is 4.42. The summed E-state index contributed by atoms with van der Waals surface area (Å²) in [5.74, 6) is -4.39. The lowest BCUT2D eigenvalue weighted by molar-refractivity contribution is -0.206. The van der Waals surface area contributed by atoms with Crippen LogP contribution in [0.15, 0.2) is 0 Å². The summed E-state index contributed by atoms with van der Waals surface area (Å²) in [7, 11) is 0. The Bertz CT molecular complexity index is 324. The quantitative estimate of drug-likeness (QED) is 0.547. The molecule has 0 aliphatic heterocycles. The SMILES string of the molecule is CC1(C)C(N)CC1C(=O)OC(=O)C(F)(F)F. The summed E-state index contributed by atoms with van der Waals surface area (Å²) in [6.45, 7) is 3.29. The third-order valence-corrected chi connectivity index (χ3v) is 3.05. The Hall–Kier alpha value is -1.11. The van der Waals surface area contributed by atoms with Crippen LogP contribution in [-0.2, 0) is 14.3 Å². The van der Waals surface area contributed by atoms with E-state index in [1.807, 2.05) is 0 Å². The van der Waals surface area contributed by atoms with Gasteiger partial charge in [-0.3, -0.25) is 4.79 Å². The second-order valence-electron chi connectivity index (χ2n) is 4.42. The zero-order valence-corrected chi connectivity index (χ0v) is 8.80. The van der Waals surface area contributed by atoms with Crippen molar-refractivity contribution in [3.63, 3.8) is 0 Å². The lowest BCUT2D eigenvalue weighted by Gasteiger charge is -2.48. The first kappa shape index (κ1) is 13.0. The van der Waals surface area contributed by atoms with Gasteiger partial charge in [0.25, 0.3) is 0 Å². The van der Waals surface area contributed by atoms with E-state index in [-0.39, 0.29) is 12.5 Å². The molecule has 7 heteroatoms. The molecule has 2 unspecified atom stereocenters. The number of alkyl halides is 3. The second kappa shape index (κ2) is 3.73. The molecule has 2 atom stereocenters. The largest absolute Gasteiger partial charge is 0.491 e. The van der Waals surface area contributed by atoms with Gasteiger partial charge in [0.15, 0.2) is 0 Å². The van der Waals surface area contributed by atoms with E-state index in [2.05, 4.69) is 4.74 Å². The fourth-order valence-corrected chi connectivity index (χ4v) is 1.58. The van der Waals surface area contributed by atoms with Crippen LogP contribution in [0.25, 0.3) is 0 Å². The number of carbonyl (C=O) groups excluding carboxylic acids is 2. The molecule has 1 aliphatic rings. The molecule has 1 aliphatic carbocycles. The maximum atomic E-state index is 11.8. The molecule has 0 amide bonds. The highest BCUT2D eigenvalue weighted by molar-refractivity contribution is 5.90. The molecule has 0 aromatic rings. The van der Waals surface area contributed by atoms with Crippen molar-refractivity contribution in [2.24, 2.45) is 17.1 Å². The number of hydrogen-bond donors (Lipinski definition) is 1. The maximum absolute atomic E-state index is 11.8. The van der Waals surface area contributed by atoms with Crippen LogP contribution in [0.1, 0.15) is 20.3 Å². The standard InChI is InChI=1S/C9H12F3NO3/c1-8(2)4(3-5(8)13)6(14)16-7(15)9(10,11)12/h4-5H,3,13H2,1-2H3. The number of halogens is 3. The van der Waals surface area contributed by atoms with Gasteiger partial charge >= 0.3 is 18.1 Å². The Balaban J connectivity index is 2.59. The van der Waals surface area contributed by atoms with Crippen molar-refractivity contribution in [3.05, 3.63) is 0 Å². The van der Waals surface area contributed by atoms with E-state index in [1.54, 1.807) is 13.8 Å². The van der Waals surface area contributed by atoms with E-state index >= 15 is 0 Å². The van der Waals surface area contributed by atoms with Gasteiger partial charge in [-0.05, 0) is 11.8 Å². The van der Waals surface area contributed by atoms with Crippen LogP contribution in [-0.4, -0.2) is 24.2 Å². The molecule has 0 saturated heterocycles. The molecule has 0 spiro atoms. The van der Waals surface area contributed by atoms with Gasteiger partial charge in [0.2, 0.25) is 0 Å². The fourth-order valence-electron chi connectivity index (χ4n) is 1.58. The molecule has 0 aromatic carbocycles. The Morgan fingerprint density at radius 1 is 1.38 bits per heavy atom. The summed E-state index contributed by atoms with van der Waals surface area (Å²) in [4.78, 5) is 21.7. The summed E-state index contributed by atoms with van der Waals surface area (Å²) < 4.78 is 39.2. The summed E-state index contributed by atoms with van der Waals surface area (Å²) in [6, 6.07) is -0.272. The Labute approximate surface area is 89.9 Å². The summed E-state index contributed by atoms with van der Waals surface area (Å²) >= 11 is 0. The van der Waals surface area contributed by atoms with Gasteiger partial charge in [-0.1, -0.05) is 13.8 Å². The van der Waals surface area contributed by atoms with Crippen molar-refractivity contribution in [2.45, 2.75) is 32.5 Å². The molecule has 0 bridgehead atoms. The Morgan fingerprint density at radius 3 is 2.19 bits per heavy atom. The summed E-state index contributed by atoms with van der Waals surface area (Å²) in [5.41, 5.74) is 4.95. The topological polar surface area (TPSA) is 69.4 Å². The molecule has 4 nitrogen and oxygen atoms in total. The smallest absolute Gasteiger partial charge is 0.386 e.